The molecule has 6 heteroatoms. The van der Waals surface area contributed by atoms with Crippen molar-refractivity contribution in [3.63, 3.8) is 0 Å². The number of amides is 1. The van der Waals surface area contributed by atoms with Crippen LogP contribution in [0.2, 0.25) is 0 Å². The normalized spacial score (nSPS) is 18.8. The van der Waals surface area contributed by atoms with Gasteiger partial charge in [-0.05, 0) is 35.9 Å². The number of rotatable bonds is 6. The van der Waals surface area contributed by atoms with E-state index in [4.69, 9.17) is 0 Å². The van der Waals surface area contributed by atoms with Crippen molar-refractivity contribution in [2.45, 2.75) is 32.4 Å². The zero-order valence-corrected chi connectivity index (χ0v) is 17.0. The lowest BCUT2D eigenvalue weighted by Crippen LogP contribution is -2.49. The lowest BCUT2D eigenvalue weighted by atomic mass is 10.0. The number of halogens is 1. The molecule has 2 atom stereocenters. The molecule has 0 radical (unpaired) electrons. The number of piperazine rings is 1. The second-order valence-corrected chi connectivity index (χ2v) is 7.57. The van der Waals surface area contributed by atoms with Crippen molar-refractivity contribution in [1.29, 1.82) is 0 Å². The Balaban J connectivity index is 0.00000243. The number of hydrogen-bond acceptors (Lipinski definition) is 4. The van der Waals surface area contributed by atoms with Gasteiger partial charge in [0.2, 0.25) is 5.91 Å². The van der Waals surface area contributed by atoms with E-state index in [9.17, 15) is 4.79 Å². The molecule has 0 aliphatic carbocycles. The van der Waals surface area contributed by atoms with Gasteiger partial charge in [0.05, 0.1) is 12.6 Å². The topological polar surface area (TPSA) is 44.4 Å². The van der Waals surface area contributed by atoms with E-state index in [-0.39, 0.29) is 30.4 Å². The molecule has 1 aliphatic heterocycles. The summed E-state index contributed by atoms with van der Waals surface area (Å²) >= 11 is 1.68. The van der Waals surface area contributed by atoms with Crippen LogP contribution in [0.4, 0.5) is 0 Å². The molecule has 1 aromatic heterocycles. The third-order valence-corrected chi connectivity index (χ3v) is 5.88. The summed E-state index contributed by atoms with van der Waals surface area (Å²) in [6.45, 7) is 7.36. The molecule has 3 rings (SSSR count). The third kappa shape index (κ3) is 5.30. The van der Waals surface area contributed by atoms with Crippen LogP contribution in [0, 0.1) is 0 Å². The van der Waals surface area contributed by atoms with Gasteiger partial charge in [0, 0.05) is 30.6 Å². The summed E-state index contributed by atoms with van der Waals surface area (Å²) in [5, 5.41) is 8.63. The van der Waals surface area contributed by atoms with Crippen LogP contribution in [0.25, 0.3) is 0 Å². The molecule has 1 saturated heterocycles. The Bertz CT molecular complexity index is 675. The van der Waals surface area contributed by atoms with Crippen LogP contribution in [0.5, 0.6) is 0 Å². The average Bonchev–Trinajstić information content (AvgIpc) is 3.17. The molecule has 1 fully saturated rings. The molecule has 26 heavy (non-hydrogen) atoms. The van der Waals surface area contributed by atoms with Crippen LogP contribution in [0.3, 0.4) is 0 Å². The average molecular weight is 394 g/mol. The van der Waals surface area contributed by atoms with Crippen LogP contribution < -0.4 is 10.6 Å². The van der Waals surface area contributed by atoms with Crippen molar-refractivity contribution in [3.8, 4) is 0 Å². The first-order valence-electron chi connectivity index (χ1n) is 9.03. The van der Waals surface area contributed by atoms with Crippen LogP contribution in [0.1, 0.15) is 41.9 Å². The predicted molar refractivity (Wildman–Crippen MR) is 111 cm³/mol. The number of hydrogen-bond donors (Lipinski definition) is 2. The van der Waals surface area contributed by atoms with Gasteiger partial charge in [0.15, 0.2) is 0 Å². The maximum absolute atomic E-state index is 12.5. The van der Waals surface area contributed by atoms with Crippen LogP contribution >= 0.6 is 23.7 Å². The summed E-state index contributed by atoms with van der Waals surface area (Å²) in [7, 11) is 0. The molecule has 2 aromatic rings. The number of benzene rings is 1. The summed E-state index contributed by atoms with van der Waals surface area (Å²) < 4.78 is 0. The molecule has 2 N–H and O–H groups in total. The van der Waals surface area contributed by atoms with E-state index in [0.29, 0.717) is 6.54 Å². The fourth-order valence-corrected chi connectivity index (χ4v) is 4.05. The summed E-state index contributed by atoms with van der Waals surface area (Å²) in [4.78, 5) is 16.0. The Morgan fingerprint density at radius 3 is 2.77 bits per heavy atom. The van der Waals surface area contributed by atoms with Crippen molar-refractivity contribution in [2.24, 2.45) is 0 Å². The fourth-order valence-electron chi connectivity index (χ4n) is 3.32. The van der Waals surface area contributed by atoms with E-state index in [2.05, 4.69) is 52.8 Å². The van der Waals surface area contributed by atoms with Gasteiger partial charge < -0.3 is 10.6 Å². The van der Waals surface area contributed by atoms with Gasteiger partial charge in [-0.25, -0.2) is 0 Å². The summed E-state index contributed by atoms with van der Waals surface area (Å²) in [6.07, 6.45) is 1.05. The first-order chi connectivity index (χ1) is 12.2. The lowest BCUT2D eigenvalue weighted by Gasteiger charge is -2.36. The van der Waals surface area contributed by atoms with E-state index in [0.717, 1.165) is 26.1 Å². The Kier molecular flexibility index (Phi) is 8.10. The summed E-state index contributed by atoms with van der Waals surface area (Å²) in [5.74, 6) is 0.0954. The summed E-state index contributed by atoms with van der Waals surface area (Å²) in [6, 6.07) is 13.2. The van der Waals surface area contributed by atoms with Crippen molar-refractivity contribution < 1.29 is 4.79 Å². The molecule has 1 aliphatic rings. The highest BCUT2D eigenvalue weighted by Gasteiger charge is 2.26. The van der Waals surface area contributed by atoms with E-state index in [1.54, 1.807) is 11.3 Å². The van der Waals surface area contributed by atoms with Gasteiger partial charge in [-0.1, -0.05) is 37.3 Å². The van der Waals surface area contributed by atoms with Gasteiger partial charge in [-0.15, -0.1) is 23.7 Å². The lowest BCUT2D eigenvalue weighted by molar-refractivity contribution is -0.123. The molecule has 4 nitrogen and oxygen atoms in total. The molecule has 0 spiro atoms. The third-order valence-electron chi connectivity index (χ3n) is 4.82. The van der Waals surface area contributed by atoms with Crippen LogP contribution in [-0.4, -0.2) is 37.0 Å². The zero-order chi connectivity index (χ0) is 17.6. The Morgan fingerprint density at radius 1 is 1.35 bits per heavy atom. The molecule has 1 aromatic carbocycles. The van der Waals surface area contributed by atoms with E-state index < -0.39 is 0 Å². The first kappa shape index (κ1) is 20.9. The molecule has 1 amide bonds. The van der Waals surface area contributed by atoms with Crippen molar-refractivity contribution in [1.82, 2.24) is 15.5 Å². The maximum Gasteiger partial charge on any atom is 0.234 e. The Hall–Kier alpha value is -1.40. The number of carbonyl (C=O) groups is 1. The van der Waals surface area contributed by atoms with Gasteiger partial charge in [0.25, 0.3) is 0 Å². The standard InChI is InChI=1S/C20H27N3OS.ClH/c1-3-16-6-8-17(9-7-16)18-13-21-10-11-23(18)14-20(24)22-15(2)19-5-4-12-25-19;/h4-9,12,15,18,21H,3,10-11,13-14H2,1-2H3,(H,22,24);1H. The highest BCUT2D eigenvalue weighted by Crippen LogP contribution is 2.23. The Labute approximate surface area is 166 Å². The monoisotopic (exact) mass is 393 g/mol. The molecule has 2 unspecified atom stereocenters. The Morgan fingerprint density at radius 2 is 2.12 bits per heavy atom. The smallest absolute Gasteiger partial charge is 0.234 e. The molecule has 2 heterocycles. The van der Waals surface area contributed by atoms with Gasteiger partial charge in [-0.2, -0.15) is 0 Å². The minimum Gasteiger partial charge on any atom is -0.348 e. The highest BCUT2D eigenvalue weighted by atomic mass is 35.5. The second-order valence-electron chi connectivity index (χ2n) is 6.59. The van der Waals surface area contributed by atoms with E-state index in [1.807, 2.05) is 18.4 Å². The molecule has 0 saturated carbocycles. The SMILES string of the molecule is CCc1ccc(C2CNCCN2CC(=O)NC(C)c2cccs2)cc1.Cl. The fraction of sp³-hybridized carbons (Fsp3) is 0.450. The largest absolute Gasteiger partial charge is 0.348 e. The van der Waals surface area contributed by atoms with Crippen molar-refractivity contribution >= 4 is 29.7 Å². The number of carbonyl (C=O) groups excluding carboxylic acids is 1. The van der Waals surface area contributed by atoms with Crippen LogP contribution in [0.15, 0.2) is 41.8 Å². The van der Waals surface area contributed by atoms with Crippen molar-refractivity contribution in [2.75, 3.05) is 26.2 Å². The number of nitrogens with zero attached hydrogens (tertiary/aromatic N) is 1. The molecule has 142 valence electrons. The van der Waals surface area contributed by atoms with Gasteiger partial charge in [0.1, 0.15) is 0 Å². The quantitative estimate of drug-likeness (QED) is 0.788. The highest BCUT2D eigenvalue weighted by molar-refractivity contribution is 7.10. The molecular formula is C20H28ClN3OS. The number of aryl methyl sites for hydroxylation is 1. The van der Waals surface area contributed by atoms with Gasteiger partial charge in [-0.3, -0.25) is 9.69 Å². The zero-order valence-electron chi connectivity index (χ0n) is 15.4. The van der Waals surface area contributed by atoms with E-state index >= 15 is 0 Å². The van der Waals surface area contributed by atoms with Crippen LogP contribution in [-0.2, 0) is 11.2 Å². The molecule has 0 bridgehead atoms. The number of thiophene rings is 1. The van der Waals surface area contributed by atoms with Gasteiger partial charge >= 0.3 is 0 Å². The first-order valence-corrected chi connectivity index (χ1v) is 9.91. The summed E-state index contributed by atoms with van der Waals surface area (Å²) in [5.41, 5.74) is 2.63. The minimum absolute atomic E-state index is 0. The minimum atomic E-state index is 0. The maximum atomic E-state index is 12.5. The second kappa shape index (κ2) is 10.1. The van der Waals surface area contributed by atoms with Crippen molar-refractivity contribution in [3.05, 3.63) is 57.8 Å². The number of nitrogens with one attached hydrogen (secondary N) is 2. The predicted octanol–water partition coefficient (Wildman–Crippen LogP) is 3.56. The molecular weight excluding hydrogens is 366 g/mol. The van der Waals surface area contributed by atoms with E-state index in [1.165, 1.54) is 16.0 Å².